The molecular formula is C13H19BrN2OS. The lowest BCUT2D eigenvalue weighted by molar-refractivity contribution is -0.134. The molecular weight excluding hydrogens is 312 g/mol. The van der Waals surface area contributed by atoms with Crippen molar-refractivity contribution < 1.29 is 4.79 Å². The van der Waals surface area contributed by atoms with Crippen molar-refractivity contribution in [2.75, 3.05) is 13.1 Å². The monoisotopic (exact) mass is 330 g/mol. The normalized spacial score (nSPS) is 19.8. The van der Waals surface area contributed by atoms with Crippen molar-refractivity contribution in [3.63, 3.8) is 0 Å². The van der Waals surface area contributed by atoms with Gasteiger partial charge in [0.15, 0.2) is 0 Å². The summed E-state index contributed by atoms with van der Waals surface area (Å²) >= 11 is 5.16. The van der Waals surface area contributed by atoms with E-state index in [0.29, 0.717) is 0 Å². The molecule has 1 saturated heterocycles. The smallest absolute Gasteiger partial charge is 0.240 e. The highest BCUT2D eigenvalue weighted by Crippen LogP contribution is 2.23. The Labute approximate surface area is 121 Å². The number of carbonyl (C=O) groups excluding carboxylic acids is 1. The third-order valence-corrected chi connectivity index (χ3v) is 4.89. The molecule has 1 fully saturated rings. The highest BCUT2D eigenvalue weighted by atomic mass is 79.9. The quantitative estimate of drug-likeness (QED) is 0.920. The number of piperidine rings is 1. The molecule has 1 aliphatic heterocycles. The Bertz CT molecular complexity index is 401. The van der Waals surface area contributed by atoms with E-state index in [1.54, 1.807) is 11.3 Å². The largest absolute Gasteiger partial charge is 0.336 e. The SMILES string of the molecule is CCN(Cc1ccc(Br)s1)C(=O)C1CCCCN1. The summed E-state index contributed by atoms with van der Waals surface area (Å²) in [5.74, 6) is 0.252. The van der Waals surface area contributed by atoms with Crippen molar-refractivity contribution in [2.45, 2.75) is 38.8 Å². The van der Waals surface area contributed by atoms with Crippen molar-refractivity contribution in [1.29, 1.82) is 0 Å². The first kappa shape index (κ1) is 14.0. The average molecular weight is 331 g/mol. The number of nitrogens with one attached hydrogen (secondary N) is 1. The van der Waals surface area contributed by atoms with Crippen LogP contribution in [0.1, 0.15) is 31.1 Å². The highest BCUT2D eigenvalue weighted by Gasteiger charge is 2.24. The minimum atomic E-state index is 0.0297. The predicted molar refractivity (Wildman–Crippen MR) is 78.8 cm³/mol. The number of nitrogens with zero attached hydrogens (tertiary/aromatic N) is 1. The zero-order valence-electron chi connectivity index (χ0n) is 10.6. The molecule has 1 atom stereocenters. The highest BCUT2D eigenvalue weighted by molar-refractivity contribution is 9.11. The fourth-order valence-corrected chi connectivity index (χ4v) is 3.75. The maximum Gasteiger partial charge on any atom is 0.240 e. The van der Waals surface area contributed by atoms with Crippen LogP contribution < -0.4 is 5.32 Å². The lowest BCUT2D eigenvalue weighted by Gasteiger charge is -2.29. The van der Waals surface area contributed by atoms with E-state index in [-0.39, 0.29) is 11.9 Å². The Hall–Kier alpha value is -0.390. The molecule has 2 heterocycles. The molecule has 1 aliphatic rings. The number of hydrogen-bond acceptors (Lipinski definition) is 3. The van der Waals surface area contributed by atoms with Gasteiger partial charge in [0.1, 0.15) is 0 Å². The molecule has 0 aromatic carbocycles. The van der Waals surface area contributed by atoms with Crippen LogP contribution in [0.4, 0.5) is 0 Å². The Morgan fingerprint density at radius 3 is 2.94 bits per heavy atom. The standard InChI is InChI=1S/C13H19BrN2OS/c1-2-16(9-10-6-7-12(14)18-10)13(17)11-5-3-4-8-15-11/h6-7,11,15H,2-5,8-9H2,1H3. The molecule has 3 nitrogen and oxygen atoms in total. The van der Waals surface area contributed by atoms with Gasteiger partial charge in [0.25, 0.3) is 0 Å². The van der Waals surface area contributed by atoms with E-state index in [1.807, 2.05) is 17.9 Å². The fourth-order valence-electron chi connectivity index (χ4n) is 2.25. The summed E-state index contributed by atoms with van der Waals surface area (Å²) in [4.78, 5) is 15.6. The van der Waals surface area contributed by atoms with Crippen molar-refractivity contribution in [3.05, 3.63) is 20.8 Å². The van der Waals surface area contributed by atoms with Crippen LogP contribution in [0.5, 0.6) is 0 Å². The number of thiophene rings is 1. The van der Waals surface area contributed by atoms with Crippen molar-refractivity contribution in [2.24, 2.45) is 0 Å². The van der Waals surface area contributed by atoms with Crippen molar-refractivity contribution in [3.8, 4) is 0 Å². The zero-order valence-corrected chi connectivity index (χ0v) is 13.0. The van der Waals surface area contributed by atoms with Crippen molar-refractivity contribution >= 4 is 33.2 Å². The molecule has 18 heavy (non-hydrogen) atoms. The van der Waals surface area contributed by atoms with Gasteiger partial charge in [-0.3, -0.25) is 4.79 Å². The van der Waals surface area contributed by atoms with E-state index in [4.69, 9.17) is 0 Å². The first-order chi connectivity index (χ1) is 8.70. The van der Waals surface area contributed by atoms with Crippen LogP contribution in [0.15, 0.2) is 15.9 Å². The summed E-state index contributed by atoms with van der Waals surface area (Å²) < 4.78 is 1.12. The number of carbonyl (C=O) groups is 1. The number of hydrogen-bond donors (Lipinski definition) is 1. The first-order valence-electron chi connectivity index (χ1n) is 6.47. The first-order valence-corrected chi connectivity index (χ1v) is 8.08. The Kier molecular flexibility index (Phi) is 5.21. The summed E-state index contributed by atoms with van der Waals surface area (Å²) in [6.45, 7) is 4.51. The summed E-state index contributed by atoms with van der Waals surface area (Å²) in [6, 6.07) is 4.15. The van der Waals surface area contributed by atoms with E-state index in [9.17, 15) is 4.79 Å². The van der Waals surface area contributed by atoms with Gasteiger partial charge in [0.05, 0.1) is 16.4 Å². The number of halogens is 1. The Balaban J connectivity index is 1.96. The maximum absolute atomic E-state index is 12.4. The second-order valence-corrected chi connectivity index (χ2v) is 7.11. The van der Waals surface area contributed by atoms with Crippen LogP contribution in [-0.4, -0.2) is 29.9 Å². The van der Waals surface area contributed by atoms with E-state index in [0.717, 1.165) is 36.3 Å². The van der Waals surface area contributed by atoms with Gasteiger partial charge < -0.3 is 10.2 Å². The van der Waals surface area contributed by atoms with Gasteiger partial charge in [-0.2, -0.15) is 0 Å². The predicted octanol–water partition coefficient (Wildman–Crippen LogP) is 3.00. The molecule has 0 radical (unpaired) electrons. The van der Waals surface area contributed by atoms with E-state index < -0.39 is 0 Å². The van der Waals surface area contributed by atoms with Crippen LogP contribution in [0.25, 0.3) is 0 Å². The van der Waals surface area contributed by atoms with Crippen LogP contribution in [0.2, 0.25) is 0 Å². The van der Waals surface area contributed by atoms with E-state index in [2.05, 4.69) is 27.3 Å². The van der Waals surface area contributed by atoms with Gasteiger partial charge in [-0.05, 0) is 54.4 Å². The minimum absolute atomic E-state index is 0.0297. The van der Waals surface area contributed by atoms with Crippen molar-refractivity contribution in [1.82, 2.24) is 10.2 Å². The molecule has 2 rings (SSSR count). The van der Waals surface area contributed by atoms with Gasteiger partial charge in [-0.25, -0.2) is 0 Å². The topological polar surface area (TPSA) is 32.3 Å². The van der Waals surface area contributed by atoms with Gasteiger partial charge in [0, 0.05) is 11.4 Å². The molecule has 1 unspecified atom stereocenters. The van der Waals surface area contributed by atoms with E-state index in [1.165, 1.54) is 11.3 Å². The molecule has 100 valence electrons. The van der Waals surface area contributed by atoms with Gasteiger partial charge in [-0.15, -0.1) is 11.3 Å². The van der Waals surface area contributed by atoms with Crippen LogP contribution in [-0.2, 0) is 11.3 Å². The lowest BCUT2D eigenvalue weighted by Crippen LogP contribution is -2.48. The molecule has 1 amide bonds. The lowest BCUT2D eigenvalue weighted by atomic mass is 10.0. The molecule has 0 saturated carbocycles. The van der Waals surface area contributed by atoms with Crippen LogP contribution >= 0.6 is 27.3 Å². The molecule has 0 aliphatic carbocycles. The average Bonchev–Trinajstić information content (AvgIpc) is 2.82. The molecule has 1 aromatic heterocycles. The number of likely N-dealkylation sites (N-methyl/N-ethyl adjacent to an activating group) is 1. The maximum atomic E-state index is 12.4. The molecule has 1 aromatic rings. The molecule has 1 N–H and O–H groups in total. The second-order valence-electron chi connectivity index (χ2n) is 4.56. The van der Waals surface area contributed by atoms with Gasteiger partial charge in [0.2, 0.25) is 5.91 Å². The third kappa shape index (κ3) is 3.56. The Morgan fingerprint density at radius 2 is 2.39 bits per heavy atom. The summed E-state index contributed by atoms with van der Waals surface area (Å²) in [5, 5.41) is 3.33. The fraction of sp³-hybridized carbons (Fsp3) is 0.615. The third-order valence-electron chi connectivity index (χ3n) is 3.28. The summed E-state index contributed by atoms with van der Waals surface area (Å²) in [7, 11) is 0. The summed E-state index contributed by atoms with van der Waals surface area (Å²) in [5.41, 5.74) is 0. The second kappa shape index (κ2) is 6.68. The van der Waals surface area contributed by atoms with Gasteiger partial charge >= 0.3 is 0 Å². The minimum Gasteiger partial charge on any atom is -0.336 e. The summed E-state index contributed by atoms with van der Waals surface area (Å²) in [6.07, 6.45) is 3.32. The van der Waals surface area contributed by atoms with Crippen LogP contribution in [0, 0.1) is 0 Å². The van der Waals surface area contributed by atoms with Crippen LogP contribution in [0.3, 0.4) is 0 Å². The number of amides is 1. The zero-order chi connectivity index (χ0) is 13.0. The Morgan fingerprint density at radius 1 is 1.56 bits per heavy atom. The molecule has 0 bridgehead atoms. The molecule has 5 heteroatoms. The van der Waals surface area contributed by atoms with E-state index >= 15 is 0 Å². The molecule has 0 spiro atoms. The van der Waals surface area contributed by atoms with Gasteiger partial charge in [-0.1, -0.05) is 6.42 Å². The number of rotatable bonds is 4.